The Balaban J connectivity index is 2.26. The number of carbonyl (C=O) groups excluding carboxylic acids is 1. The summed E-state index contributed by atoms with van der Waals surface area (Å²) in [5.41, 5.74) is 3.73. The van der Waals surface area contributed by atoms with E-state index in [0.29, 0.717) is 6.42 Å². The molecule has 16 heavy (non-hydrogen) atoms. The SMILES string of the molecule is CCCCCC(=O)N/N=C\c1sccc1C. The molecule has 0 aromatic carbocycles. The Morgan fingerprint density at radius 1 is 1.56 bits per heavy atom. The number of unbranched alkanes of at least 4 members (excludes halogenated alkanes) is 2. The monoisotopic (exact) mass is 238 g/mol. The van der Waals surface area contributed by atoms with Crippen molar-refractivity contribution >= 4 is 23.5 Å². The van der Waals surface area contributed by atoms with Crippen LogP contribution in [0.4, 0.5) is 0 Å². The average Bonchev–Trinajstić information content (AvgIpc) is 2.65. The highest BCUT2D eigenvalue weighted by atomic mass is 32.1. The van der Waals surface area contributed by atoms with Crippen molar-refractivity contribution in [1.29, 1.82) is 0 Å². The second-order valence-corrected chi connectivity index (χ2v) is 4.67. The molecule has 0 radical (unpaired) electrons. The van der Waals surface area contributed by atoms with Gasteiger partial charge < -0.3 is 0 Å². The van der Waals surface area contributed by atoms with E-state index in [1.54, 1.807) is 17.6 Å². The number of amides is 1. The third-order valence-electron chi connectivity index (χ3n) is 2.28. The maximum Gasteiger partial charge on any atom is 0.240 e. The van der Waals surface area contributed by atoms with E-state index < -0.39 is 0 Å². The maximum atomic E-state index is 11.3. The molecule has 0 aliphatic rings. The van der Waals surface area contributed by atoms with Crippen molar-refractivity contribution in [3.8, 4) is 0 Å². The van der Waals surface area contributed by atoms with Crippen molar-refractivity contribution in [1.82, 2.24) is 5.43 Å². The Bertz CT molecular complexity index is 358. The Labute approximate surface area is 101 Å². The van der Waals surface area contributed by atoms with E-state index in [2.05, 4.69) is 17.5 Å². The topological polar surface area (TPSA) is 41.5 Å². The van der Waals surface area contributed by atoms with E-state index >= 15 is 0 Å². The largest absolute Gasteiger partial charge is 0.273 e. The lowest BCUT2D eigenvalue weighted by atomic mass is 10.2. The average molecular weight is 238 g/mol. The highest BCUT2D eigenvalue weighted by molar-refractivity contribution is 7.11. The van der Waals surface area contributed by atoms with Crippen LogP contribution in [0.5, 0.6) is 0 Å². The van der Waals surface area contributed by atoms with Crippen LogP contribution < -0.4 is 5.43 Å². The van der Waals surface area contributed by atoms with Gasteiger partial charge in [-0.05, 0) is 30.4 Å². The lowest BCUT2D eigenvalue weighted by Crippen LogP contribution is -2.16. The smallest absolute Gasteiger partial charge is 0.240 e. The van der Waals surface area contributed by atoms with Gasteiger partial charge in [0.15, 0.2) is 0 Å². The molecule has 1 N–H and O–H groups in total. The molecule has 0 bridgehead atoms. The van der Waals surface area contributed by atoms with E-state index in [-0.39, 0.29) is 5.91 Å². The summed E-state index contributed by atoms with van der Waals surface area (Å²) in [5.74, 6) is -0.00101. The summed E-state index contributed by atoms with van der Waals surface area (Å²) in [4.78, 5) is 12.4. The molecule has 0 saturated carbocycles. The van der Waals surface area contributed by atoms with Crippen LogP contribution >= 0.6 is 11.3 Å². The fourth-order valence-corrected chi connectivity index (χ4v) is 2.06. The van der Waals surface area contributed by atoms with Gasteiger partial charge in [-0.15, -0.1) is 11.3 Å². The molecule has 0 spiro atoms. The molecule has 88 valence electrons. The molecule has 0 unspecified atom stereocenters. The highest BCUT2D eigenvalue weighted by Gasteiger charge is 1.98. The number of nitrogens with zero attached hydrogens (tertiary/aromatic N) is 1. The van der Waals surface area contributed by atoms with Crippen molar-refractivity contribution in [3.63, 3.8) is 0 Å². The summed E-state index contributed by atoms with van der Waals surface area (Å²) in [6.45, 7) is 4.15. The van der Waals surface area contributed by atoms with Gasteiger partial charge in [0.2, 0.25) is 5.91 Å². The summed E-state index contributed by atoms with van der Waals surface area (Å²) >= 11 is 1.62. The first kappa shape index (κ1) is 12.9. The van der Waals surface area contributed by atoms with Crippen LogP contribution in [0, 0.1) is 6.92 Å². The summed E-state index contributed by atoms with van der Waals surface area (Å²) in [6, 6.07) is 2.04. The minimum absolute atomic E-state index is 0.00101. The quantitative estimate of drug-likeness (QED) is 0.462. The van der Waals surface area contributed by atoms with Crippen LogP contribution in [-0.4, -0.2) is 12.1 Å². The minimum atomic E-state index is -0.00101. The van der Waals surface area contributed by atoms with Gasteiger partial charge in [0.1, 0.15) is 0 Å². The van der Waals surface area contributed by atoms with Gasteiger partial charge in [0.05, 0.1) is 6.21 Å². The normalized spacial score (nSPS) is 10.9. The highest BCUT2D eigenvalue weighted by Crippen LogP contribution is 2.12. The Kier molecular flexibility index (Phi) is 5.78. The van der Waals surface area contributed by atoms with Gasteiger partial charge >= 0.3 is 0 Å². The van der Waals surface area contributed by atoms with Crippen molar-refractivity contribution in [2.75, 3.05) is 0 Å². The second-order valence-electron chi connectivity index (χ2n) is 3.72. The van der Waals surface area contributed by atoms with Crippen LogP contribution in [0.1, 0.15) is 43.0 Å². The molecule has 1 amide bonds. The molecule has 0 aliphatic carbocycles. The Hall–Kier alpha value is -1.16. The fraction of sp³-hybridized carbons (Fsp3) is 0.500. The van der Waals surface area contributed by atoms with Crippen LogP contribution in [0.25, 0.3) is 0 Å². The van der Waals surface area contributed by atoms with Crippen LogP contribution in [0.3, 0.4) is 0 Å². The lowest BCUT2D eigenvalue weighted by Gasteiger charge is -1.98. The minimum Gasteiger partial charge on any atom is -0.273 e. The standard InChI is InChI=1S/C12H18N2OS/c1-3-4-5-6-12(15)14-13-9-11-10(2)7-8-16-11/h7-9H,3-6H2,1-2H3,(H,14,15)/b13-9-. The van der Waals surface area contributed by atoms with Crippen LogP contribution in [-0.2, 0) is 4.79 Å². The number of hydrogen-bond donors (Lipinski definition) is 1. The number of aryl methyl sites for hydroxylation is 1. The molecule has 0 saturated heterocycles. The first-order chi connectivity index (χ1) is 7.74. The van der Waals surface area contributed by atoms with Gasteiger partial charge in [0, 0.05) is 11.3 Å². The first-order valence-electron chi connectivity index (χ1n) is 5.60. The van der Waals surface area contributed by atoms with Crippen molar-refractivity contribution < 1.29 is 4.79 Å². The molecule has 1 aromatic rings. The van der Waals surface area contributed by atoms with Crippen molar-refractivity contribution in [2.24, 2.45) is 5.10 Å². The number of nitrogens with one attached hydrogen (secondary N) is 1. The van der Waals surface area contributed by atoms with Crippen LogP contribution in [0.15, 0.2) is 16.5 Å². The zero-order chi connectivity index (χ0) is 11.8. The number of rotatable bonds is 6. The van der Waals surface area contributed by atoms with Gasteiger partial charge in [0.25, 0.3) is 0 Å². The molecule has 0 aliphatic heterocycles. The molecule has 1 aromatic heterocycles. The molecule has 3 nitrogen and oxygen atoms in total. The molecule has 0 atom stereocenters. The molecule has 1 heterocycles. The van der Waals surface area contributed by atoms with E-state index in [9.17, 15) is 4.79 Å². The third kappa shape index (κ3) is 4.57. The van der Waals surface area contributed by atoms with Crippen LogP contribution in [0.2, 0.25) is 0 Å². The fourth-order valence-electron chi connectivity index (χ4n) is 1.27. The van der Waals surface area contributed by atoms with Crippen molar-refractivity contribution in [3.05, 3.63) is 21.9 Å². The number of hydrogen-bond acceptors (Lipinski definition) is 3. The molecule has 0 fully saturated rings. The molecular weight excluding hydrogens is 220 g/mol. The summed E-state index contributed by atoms with van der Waals surface area (Å²) in [5, 5.41) is 5.95. The number of thiophene rings is 1. The molecular formula is C12H18N2OS. The van der Waals surface area contributed by atoms with Crippen molar-refractivity contribution in [2.45, 2.75) is 39.5 Å². The predicted molar refractivity (Wildman–Crippen MR) is 68.9 cm³/mol. The van der Waals surface area contributed by atoms with Gasteiger partial charge in [-0.25, -0.2) is 5.43 Å². The van der Waals surface area contributed by atoms with E-state index in [1.807, 2.05) is 18.4 Å². The second kappa shape index (κ2) is 7.17. The van der Waals surface area contributed by atoms with E-state index in [0.717, 1.165) is 24.1 Å². The summed E-state index contributed by atoms with van der Waals surface area (Å²) < 4.78 is 0. The zero-order valence-corrected chi connectivity index (χ0v) is 10.6. The maximum absolute atomic E-state index is 11.3. The molecule has 1 rings (SSSR count). The summed E-state index contributed by atoms with van der Waals surface area (Å²) in [7, 11) is 0. The Morgan fingerprint density at radius 3 is 3.00 bits per heavy atom. The molecule has 4 heteroatoms. The zero-order valence-electron chi connectivity index (χ0n) is 9.82. The first-order valence-corrected chi connectivity index (χ1v) is 6.48. The van der Waals surface area contributed by atoms with Gasteiger partial charge in [-0.1, -0.05) is 19.8 Å². The predicted octanol–water partition coefficient (Wildman–Crippen LogP) is 3.09. The van der Waals surface area contributed by atoms with E-state index in [1.165, 1.54) is 5.56 Å². The van der Waals surface area contributed by atoms with Gasteiger partial charge in [-0.3, -0.25) is 4.79 Å². The summed E-state index contributed by atoms with van der Waals surface area (Å²) in [6.07, 6.45) is 5.44. The number of carbonyl (C=O) groups is 1. The van der Waals surface area contributed by atoms with E-state index in [4.69, 9.17) is 0 Å². The van der Waals surface area contributed by atoms with Gasteiger partial charge in [-0.2, -0.15) is 5.10 Å². The lowest BCUT2D eigenvalue weighted by molar-refractivity contribution is -0.121. The number of hydrazone groups is 1. The third-order valence-corrected chi connectivity index (χ3v) is 3.23. The Morgan fingerprint density at radius 2 is 2.38 bits per heavy atom.